The second-order valence-electron chi connectivity index (χ2n) is 5.50. The average Bonchev–Trinajstić information content (AvgIpc) is 2.97. The van der Waals surface area contributed by atoms with Gasteiger partial charge in [-0.25, -0.2) is 4.98 Å². The van der Waals surface area contributed by atoms with Crippen LogP contribution in [-0.2, 0) is 11.3 Å². The molecule has 0 spiro atoms. The molecule has 0 aliphatic rings. The Balaban J connectivity index is 1.64. The van der Waals surface area contributed by atoms with E-state index in [2.05, 4.69) is 9.97 Å². The van der Waals surface area contributed by atoms with Gasteiger partial charge in [0.15, 0.2) is 5.16 Å². The molecule has 1 heterocycles. The van der Waals surface area contributed by atoms with Gasteiger partial charge in [-0.15, -0.1) is 0 Å². The molecule has 1 N–H and O–H groups in total. The predicted octanol–water partition coefficient (Wildman–Crippen LogP) is 3.70. The Morgan fingerprint density at radius 1 is 1.17 bits per heavy atom. The number of thioether (sulfide) groups is 1. The molecular weight excluding hydrogens is 306 g/mol. The fraction of sp³-hybridized carbons (Fsp3) is 0.222. The maximum atomic E-state index is 12.5. The molecule has 0 unspecified atom stereocenters. The smallest absolute Gasteiger partial charge is 0.235 e. The number of carbonyl (C=O) groups excluding carboxylic acids is 1. The molecule has 1 aromatic heterocycles. The molecule has 0 saturated carbocycles. The van der Waals surface area contributed by atoms with Crippen LogP contribution in [0.25, 0.3) is 11.0 Å². The van der Waals surface area contributed by atoms with E-state index in [1.807, 2.05) is 68.6 Å². The zero-order valence-corrected chi connectivity index (χ0v) is 14.0. The number of amides is 1. The van der Waals surface area contributed by atoms with Crippen molar-refractivity contribution in [2.45, 2.75) is 23.9 Å². The summed E-state index contributed by atoms with van der Waals surface area (Å²) < 4.78 is 0. The molecule has 0 aliphatic heterocycles. The van der Waals surface area contributed by atoms with Gasteiger partial charge in [-0.2, -0.15) is 0 Å². The van der Waals surface area contributed by atoms with E-state index in [9.17, 15) is 4.79 Å². The number of carbonyl (C=O) groups is 1. The van der Waals surface area contributed by atoms with Gasteiger partial charge in [-0.05, 0) is 24.6 Å². The molecule has 4 nitrogen and oxygen atoms in total. The number of hydrogen-bond acceptors (Lipinski definition) is 3. The second kappa shape index (κ2) is 6.87. The molecule has 3 aromatic rings. The van der Waals surface area contributed by atoms with Crippen LogP contribution >= 0.6 is 11.8 Å². The summed E-state index contributed by atoms with van der Waals surface area (Å²) in [6, 6.07) is 17.9. The van der Waals surface area contributed by atoms with Crippen molar-refractivity contribution in [1.82, 2.24) is 14.9 Å². The Morgan fingerprint density at radius 2 is 1.87 bits per heavy atom. The van der Waals surface area contributed by atoms with Gasteiger partial charge in [-0.1, -0.05) is 54.2 Å². The molecule has 118 valence electrons. The zero-order valence-electron chi connectivity index (χ0n) is 13.2. The molecule has 0 aliphatic carbocycles. The second-order valence-corrected chi connectivity index (χ2v) is 6.83. The summed E-state index contributed by atoms with van der Waals surface area (Å²) in [5.74, 6) is 0.0966. The zero-order chi connectivity index (χ0) is 16.2. The molecule has 0 saturated heterocycles. The van der Waals surface area contributed by atoms with Crippen molar-refractivity contribution in [3.05, 3.63) is 60.2 Å². The quantitative estimate of drug-likeness (QED) is 0.728. The molecule has 0 fully saturated rings. The lowest BCUT2D eigenvalue weighted by Crippen LogP contribution is -2.32. The highest BCUT2D eigenvalue weighted by molar-refractivity contribution is 8.00. The van der Waals surface area contributed by atoms with E-state index in [1.165, 1.54) is 11.8 Å². The van der Waals surface area contributed by atoms with E-state index in [0.717, 1.165) is 21.8 Å². The summed E-state index contributed by atoms with van der Waals surface area (Å²) in [7, 11) is 1.84. The highest BCUT2D eigenvalue weighted by Crippen LogP contribution is 2.24. The third kappa shape index (κ3) is 3.74. The topological polar surface area (TPSA) is 49.0 Å². The van der Waals surface area contributed by atoms with Crippen LogP contribution in [-0.4, -0.2) is 33.1 Å². The van der Waals surface area contributed by atoms with E-state index in [0.29, 0.717) is 6.54 Å². The molecule has 5 heteroatoms. The summed E-state index contributed by atoms with van der Waals surface area (Å²) in [4.78, 5) is 22.1. The first-order valence-electron chi connectivity index (χ1n) is 7.54. The first-order valence-corrected chi connectivity index (χ1v) is 8.42. The number of nitrogens with one attached hydrogen (secondary N) is 1. The number of fused-ring (bicyclic) bond motifs is 1. The van der Waals surface area contributed by atoms with E-state index in [-0.39, 0.29) is 11.2 Å². The molecule has 0 radical (unpaired) electrons. The number of para-hydroxylation sites is 2. The van der Waals surface area contributed by atoms with Crippen LogP contribution in [0, 0.1) is 0 Å². The minimum absolute atomic E-state index is 0.0966. The first-order chi connectivity index (χ1) is 11.1. The van der Waals surface area contributed by atoms with Crippen molar-refractivity contribution in [2.24, 2.45) is 0 Å². The van der Waals surface area contributed by atoms with Crippen LogP contribution in [0.15, 0.2) is 59.8 Å². The van der Waals surface area contributed by atoms with Crippen molar-refractivity contribution in [3.8, 4) is 0 Å². The summed E-state index contributed by atoms with van der Waals surface area (Å²) in [5.41, 5.74) is 3.05. The minimum Gasteiger partial charge on any atom is -0.340 e. The monoisotopic (exact) mass is 325 g/mol. The third-order valence-corrected chi connectivity index (χ3v) is 4.61. The van der Waals surface area contributed by atoms with Crippen LogP contribution < -0.4 is 0 Å². The number of benzene rings is 2. The summed E-state index contributed by atoms with van der Waals surface area (Å²) in [5, 5.41) is 0.587. The van der Waals surface area contributed by atoms with Crippen molar-refractivity contribution in [1.29, 1.82) is 0 Å². The Bertz CT molecular complexity index is 767. The fourth-order valence-electron chi connectivity index (χ4n) is 2.45. The van der Waals surface area contributed by atoms with Crippen LogP contribution in [0.2, 0.25) is 0 Å². The standard InChI is InChI=1S/C18H19N3OS/c1-13(17(22)21(2)12-14-8-4-3-5-9-14)23-18-19-15-10-6-7-11-16(15)20-18/h3-11,13H,12H2,1-2H3,(H,19,20)/t13-/m0/s1. The minimum atomic E-state index is -0.190. The van der Waals surface area contributed by atoms with Crippen molar-refractivity contribution in [2.75, 3.05) is 7.05 Å². The Kier molecular flexibility index (Phi) is 4.67. The Hall–Kier alpha value is -2.27. The normalized spacial score (nSPS) is 12.3. The maximum absolute atomic E-state index is 12.5. The summed E-state index contributed by atoms with van der Waals surface area (Å²) in [6.45, 7) is 2.53. The predicted molar refractivity (Wildman–Crippen MR) is 94.3 cm³/mol. The van der Waals surface area contributed by atoms with Crippen molar-refractivity contribution < 1.29 is 4.79 Å². The Labute approximate surface area is 139 Å². The molecule has 23 heavy (non-hydrogen) atoms. The molecular formula is C18H19N3OS. The molecule has 0 bridgehead atoms. The van der Waals surface area contributed by atoms with Crippen LogP contribution in [0.4, 0.5) is 0 Å². The molecule has 1 atom stereocenters. The summed E-state index contributed by atoms with van der Waals surface area (Å²) >= 11 is 1.46. The van der Waals surface area contributed by atoms with Crippen molar-refractivity contribution >= 4 is 28.7 Å². The highest BCUT2D eigenvalue weighted by Gasteiger charge is 2.20. The van der Waals surface area contributed by atoms with Gasteiger partial charge < -0.3 is 9.88 Å². The van der Waals surface area contributed by atoms with E-state index >= 15 is 0 Å². The summed E-state index contributed by atoms with van der Waals surface area (Å²) in [6.07, 6.45) is 0. The number of nitrogens with zero attached hydrogens (tertiary/aromatic N) is 2. The molecule has 3 rings (SSSR count). The number of imidazole rings is 1. The maximum Gasteiger partial charge on any atom is 0.235 e. The van der Waals surface area contributed by atoms with E-state index in [1.54, 1.807) is 4.90 Å². The van der Waals surface area contributed by atoms with Crippen LogP contribution in [0.5, 0.6) is 0 Å². The number of hydrogen-bond donors (Lipinski definition) is 1. The van der Waals surface area contributed by atoms with Gasteiger partial charge in [0.2, 0.25) is 5.91 Å². The number of aromatic amines is 1. The largest absolute Gasteiger partial charge is 0.340 e. The van der Waals surface area contributed by atoms with Gasteiger partial charge >= 0.3 is 0 Å². The number of rotatable bonds is 5. The third-order valence-electron chi connectivity index (χ3n) is 3.64. The van der Waals surface area contributed by atoms with Gasteiger partial charge in [-0.3, -0.25) is 4.79 Å². The highest BCUT2D eigenvalue weighted by atomic mass is 32.2. The lowest BCUT2D eigenvalue weighted by molar-refractivity contribution is -0.129. The Morgan fingerprint density at radius 3 is 2.61 bits per heavy atom. The van der Waals surface area contributed by atoms with Gasteiger partial charge in [0.05, 0.1) is 16.3 Å². The molecule has 1 amide bonds. The number of H-pyrrole nitrogens is 1. The number of aromatic nitrogens is 2. The fourth-order valence-corrected chi connectivity index (χ4v) is 3.38. The van der Waals surface area contributed by atoms with Gasteiger partial charge in [0.25, 0.3) is 0 Å². The van der Waals surface area contributed by atoms with E-state index in [4.69, 9.17) is 0 Å². The van der Waals surface area contributed by atoms with Crippen LogP contribution in [0.1, 0.15) is 12.5 Å². The molecule has 2 aromatic carbocycles. The lowest BCUT2D eigenvalue weighted by atomic mass is 10.2. The van der Waals surface area contributed by atoms with Crippen molar-refractivity contribution in [3.63, 3.8) is 0 Å². The van der Waals surface area contributed by atoms with E-state index < -0.39 is 0 Å². The van der Waals surface area contributed by atoms with Gasteiger partial charge in [0, 0.05) is 13.6 Å². The van der Waals surface area contributed by atoms with Gasteiger partial charge in [0.1, 0.15) is 0 Å². The average molecular weight is 325 g/mol. The van der Waals surface area contributed by atoms with Crippen LogP contribution in [0.3, 0.4) is 0 Å². The SMILES string of the molecule is C[C@H](Sc1nc2ccccc2[nH]1)C(=O)N(C)Cc1ccccc1. The lowest BCUT2D eigenvalue weighted by Gasteiger charge is -2.20. The first kappa shape index (κ1) is 15.6.